The molecule has 128 valence electrons. The second kappa shape index (κ2) is 6.43. The van der Waals surface area contributed by atoms with Gasteiger partial charge in [0.25, 0.3) is 0 Å². The lowest BCUT2D eigenvalue weighted by atomic mass is 10.1. The number of fused-ring (bicyclic) bond motifs is 1. The molecule has 0 radical (unpaired) electrons. The van der Waals surface area contributed by atoms with Crippen LogP contribution in [0.25, 0.3) is 11.3 Å². The van der Waals surface area contributed by atoms with Crippen LogP contribution in [-0.2, 0) is 6.54 Å². The van der Waals surface area contributed by atoms with E-state index in [1.54, 1.807) is 17.1 Å². The molecule has 0 saturated carbocycles. The number of pyridine rings is 1. The zero-order chi connectivity index (χ0) is 17.2. The van der Waals surface area contributed by atoms with Crippen LogP contribution in [0.3, 0.4) is 0 Å². The Kier molecular flexibility index (Phi) is 3.97. The van der Waals surface area contributed by atoms with Gasteiger partial charge in [-0.3, -0.25) is 4.98 Å². The topological polar surface area (TPSA) is 71.3 Å². The van der Waals surface area contributed by atoms with Gasteiger partial charge >= 0.3 is 0 Å². The van der Waals surface area contributed by atoms with Gasteiger partial charge in [0.05, 0.1) is 18.9 Å². The van der Waals surface area contributed by atoms with Crippen LogP contribution in [0.15, 0.2) is 42.9 Å². The van der Waals surface area contributed by atoms with Gasteiger partial charge in [-0.05, 0) is 43.7 Å². The molecule has 0 unspecified atom stereocenters. The normalized spacial score (nSPS) is 13.7. The summed E-state index contributed by atoms with van der Waals surface area (Å²) in [6.45, 7) is 4.85. The Hall–Kier alpha value is -3.09. The van der Waals surface area contributed by atoms with E-state index in [-0.39, 0.29) is 12.9 Å². The van der Waals surface area contributed by atoms with E-state index in [2.05, 4.69) is 15.3 Å². The number of hydrogen-bond donors (Lipinski definition) is 0. The van der Waals surface area contributed by atoms with Gasteiger partial charge in [-0.15, -0.1) is 5.10 Å². The Balaban J connectivity index is 1.49. The van der Waals surface area contributed by atoms with Crippen LogP contribution >= 0.6 is 0 Å². The summed E-state index contributed by atoms with van der Waals surface area (Å²) in [7, 11) is 0. The Morgan fingerprint density at radius 1 is 1.28 bits per heavy atom. The first-order chi connectivity index (χ1) is 12.2. The molecule has 7 heteroatoms. The van der Waals surface area contributed by atoms with Crippen LogP contribution in [0.4, 0.5) is 0 Å². The third kappa shape index (κ3) is 3.26. The maximum Gasteiger partial charge on any atom is 0.231 e. The van der Waals surface area contributed by atoms with Gasteiger partial charge in [-0.1, -0.05) is 5.21 Å². The zero-order valence-electron chi connectivity index (χ0n) is 14.0. The molecule has 0 N–H and O–H groups in total. The molecule has 3 heterocycles. The lowest BCUT2D eigenvalue weighted by molar-refractivity contribution is 0.174. The summed E-state index contributed by atoms with van der Waals surface area (Å²) in [4.78, 5) is 4.04. The first-order valence-corrected chi connectivity index (χ1v) is 8.06. The fraction of sp³-hybridized carbons (Fsp3) is 0.278. The van der Waals surface area contributed by atoms with Crippen molar-refractivity contribution in [2.45, 2.75) is 26.5 Å². The minimum absolute atomic E-state index is 0.0587. The fourth-order valence-electron chi connectivity index (χ4n) is 2.78. The van der Waals surface area contributed by atoms with Gasteiger partial charge in [0.1, 0.15) is 17.5 Å². The SMILES string of the molecule is Cc1cc2c(cc1-c1cn(C[C@@H](C)Oc3cccnc3)nn1)OCO2. The summed E-state index contributed by atoms with van der Waals surface area (Å²) in [5.74, 6) is 2.25. The van der Waals surface area contributed by atoms with Crippen molar-refractivity contribution in [3.8, 4) is 28.5 Å². The minimum atomic E-state index is -0.0587. The molecule has 0 saturated heterocycles. The summed E-state index contributed by atoms with van der Waals surface area (Å²) in [5.41, 5.74) is 2.84. The van der Waals surface area contributed by atoms with Crippen molar-refractivity contribution < 1.29 is 14.2 Å². The van der Waals surface area contributed by atoms with Crippen LogP contribution < -0.4 is 14.2 Å². The molecule has 0 bridgehead atoms. The molecule has 3 aromatic rings. The monoisotopic (exact) mass is 338 g/mol. The molecule has 7 nitrogen and oxygen atoms in total. The summed E-state index contributed by atoms with van der Waals surface area (Å²) >= 11 is 0. The zero-order valence-corrected chi connectivity index (χ0v) is 14.0. The molecule has 25 heavy (non-hydrogen) atoms. The number of aryl methyl sites for hydroxylation is 1. The van der Waals surface area contributed by atoms with Crippen molar-refractivity contribution >= 4 is 0 Å². The molecule has 0 amide bonds. The summed E-state index contributed by atoms with van der Waals surface area (Å²) in [5, 5.41) is 8.49. The molecule has 0 aliphatic carbocycles. The smallest absolute Gasteiger partial charge is 0.231 e. The minimum Gasteiger partial charge on any atom is -0.487 e. The number of nitrogens with zero attached hydrogens (tertiary/aromatic N) is 4. The lowest BCUT2D eigenvalue weighted by Gasteiger charge is -2.13. The summed E-state index contributed by atoms with van der Waals surface area (Å²) in [6, 6.07) is 7.64. The van der Waals surface area contributed by atoms with Crippen LogP contribution in [0, 0.1) is 6.92 Å². The van der Waals surface area contributed by atoms with E-state index in [0.29, 0.717) is 6.54 Å². The standard InChI is InChI=1S/C18H18N4O3/c1-12-6-17-18(24-11-23-17)7-15(12)16-10-22(21-20-16)9-13(2)25-14-4-3-5-19-8-14/h3-8,10,13H,9,11H2,1-2H3/t13-/m1/s1. The lowest BCUT2D eigenvalue weighted by Crippen LogP contribution is -2.20. The molecule has 1 aromatic carbocycles. The summed E-state index contributed by atoms with van der Waals surface area (Å²) in [6.07, 6.45) is 5.26. The highest BCUT2D eigenvalue weighted by Crippen LogP contribution is 2.37. The van der Waals surface area contributed by atoms with Crippen molar-refractivity contribution in [1.29, 1.82) is 0 Å². The van der Waals surface area contributed by atoms with E-state index in [0.717, 1.165) is 34.1 Å². The van der Waals surface area contributed by atoms with E-state index in [9.17, 15) is 0 Å². The highest BCUT2D eigenvalue weighted by molar-refractivity contribution is 5.67. The third-order valence-electron chi connectivity index (χ3n) is 3.95. The van der Waals surface area contributed by atoms with Gasteiger partial charge in [-0.25, -0.2) is 4.68 Å². The van der Waals surface area contributed by atoms with Gasteiger partial charge in [0, 0.05) is 11.8 Å². The molecule has 0 fully saturated rings. The maximum atomic E-state index is 5.83. The molecule has 1 atom stereocenters. The number of ether oxygens (including phenoxy) is 3. The highest BCUT2D eigenvalue weighted by Gasteiger charge is 2.18. The number of benzene rings is 1. The van der Waals surface area contributed by atoms with Gasteiger partial charge in [-0.2, -0.15) is 0 Å². The Morgan fingerprint density at radius 3 is 2.92 bits per heavy atom. The van der Waals surface area contributed by atoms with Crippen molar-refractivity contribution in [3.63, 3.8) is 0 Å². The van der Waals surface area contributed by atoms with Crippen molar-refractivity contribution in [1.82, 2.24) is 20.0 Å². The van der Waals surface area contributed by atoms with E-state index >= 15 is 0 Å². The average molecular weight is 338 g/mol. The molecule has 1 aliphatic rings. The van der Waals surface area contributed by atoms with Crippen molar-refractivity contribution in [3.05, 3.63) is 48.4 Å². The van der Waals surface area contributed by atoms with Crippen LogP contribution in [0.5, 0.6) is 17.2 Å². The first kappa shape index (κ1) is 15.4. The second-order valence-electron chi connectivity index (χ2n) is 5.96. The second-order valence-corrected chi connectivity index (χ2v) is 5.96. The largest absolute Gasteiger partial charge is 0.487 e. The summed E-state index contributed by atoms with van der Waals surface area (Å²) < 4.78 is 18.5. The molecule has 4 rings (SSSR count). The van der Waals surface area contributed by atoms with Gasteiger partial charge < -0.3 is 14.2 Å². The van der Waals surface area contributed by atoms with Gasteiger partial charge in [0.15, 0.2) is 11.5 Å². The Morgan fingerprint density at radius 2 is 2.12 bits per heavy atom. The average Bonchev–Trinajstić information content (AvgIpc) is 3.23. The highest BCUT2D eigenvalue weighted by atomic mass is 16.7. The number of aromatic nitrogens is 4. The number of hydrogen-bond acceptors (Lipinski definition) is 6. The van der Waals surface area contributed by atoms with Crippen molar-refractivity contribution in [2.24, 2.45) is 0 Å². The van der Waals surface area contributed by atoms with Crippen LogP contribution in [-0.4, -0.2) is 32.9 Å². The van der Waals surface area contributed by atoms with Crippen LogP contribution in [0.2, 0.25) is 0 Å². The van der Waals surface area contributed by atoms with Crippen molar-refractivity contribution in [2.75, 3.05) is 6.79 Å². The maximum absolute atomic E-state index is 5.83. The number of rotatable bonds is 5. The molecule has 1 aliphatic heterocycles. The predicted octanol–water partition coefficient (Wildman–Crippen LogP) is 2.84. The Bertz CT molecular complexity index is 879. The fourth-order valence-corrected chi connectivity index (χ4v) is 2.78. The Labute approximate surface area is 145 Å². The first-order valence-electron chi connectivity index (χ1n) is 8.06. The van der Waals surface area contributed by atoms with E-state index in [1.165, 1.54) is 0 Å². The molecule has 2 aromatic heterocycles. The quantitative estimate of drug-likeness (QED) is 0.712. The predicted molar refractivity (Wildman–Crippen MR) is 90.6 cm³/mol. The van der Waals surface area contributed by atoms with Crippen LogP contribution in [0.1, 0.15) is 12.5 Å². The third-order valence-corrected chi connectivity index (χ3v) is 3.95. The molecular weight excluding hydrogens is 320 g/mol. The molecular formula is C18H18N4O3. The van der Waals surface area contributed by atoms with E-state index in [4.69, 9.17) is 14.2 Å². The van der Waals surface area contributed by atoms with Gasteiger partial charge in [0.2, 0.25) is 6.79 Å². The molecule has 0 spiro atoms. The van der Waals surface area contributed by atoms with E-state index in [1.807, 2.05) is 44.3 Å². The van der Waals surface area contributed by atoms with E-state index < -0.39 is 0 Å².